The molecule has 0 radical (unpaired) electrons. The van der Waals surface area contributed by atoms with Crippen LogP contribution in [0.2, 0.25) is 5.02 Å². The van der Waals surface area contributed by atoms with E-state index in [1.165, 1.54) is 0 Å². The van der Waals surface area contributed by atoms with Crippen LogP contribution < -0.4 is 5.32 Å². The zero-order valence-electron chi connectivity index (χ0n) is 15.9. The van der Waals surface area contributed by atoms with Crippen LogP contribution in [0.5, 0.6) is 0 Å². The fourth-order valence-corrected chi connectivity index (χ4v) is 3.91. The largest absolute Gasteiger partial charge is 0.440 e. The van der Waals surface area contributed by atoms with Gasteiger partial charge in [0.15, 0.2) is 11.5 Å². The van der Waals surface area contributed by atoms with Gasteiger partial charge >= 0.3 is 6.03 Å². The molecule has 2 heterocycles. The Morgan fingerprint density at radius 1 is 1.29 bits per heavy atom. The van der Waals surface area contributed by atoms with E-state index >= 15 is 0 Å². The van der Waals surface area contributed by atoms with Crippen LogP contribution >= 0.6 is 11.6 Å². The number of oxazole rings is 1. The Labute approximate surface area is 169 Å². The van der Waals surface area contributed by atoms with Crippen molar-refractivity contribution in [3.63, 3.8) is 0 Å². The Morgan fingerprint density at radius 2 is 2.07 bits per heavy atom. The first kappa shape index (κ1) is 18.8. The van der Waals surface area contributed by atoms with Crippen molar-refractivity contribution in [1.82, 2.24) is 15.2 Å². The van der Waals surface area contributed by atoms with Gasteiger partial charge in [-0.3, -0.25) is 0 Å². The molecule has 1 N–H and O–H groups in total. The molecule has 0 saturated carbocycles. The topological polar surface area (TPSA) is 58.4 Å². The van der Waals surface area contributed by atoms with E-state index in [9.17, 15) is 4.79 Å². The van der Waals surface area contributed by atoms with Crippen LogP contribution in [0, 0.1) is 0 Å². The molecule has 28 heavy (non-hydrogen) atoms. The summed E-state index contributed by atoms with van der Waals surface area (Å²) in [4.78, 5) is 19.4. The number of piperidine rings is 1. The second-order valence-corrected chi connectivity index (χ2v) is 7.70. The van der Waals surface area contributed by atoms with Gasteiger partial charge in [-0.25, -0.2) is 9.78 Å². The molecule has 2 atom stereocenters. The second-order valence-electron chi connectivity index (χ2n) is 7.27. The number of nitrogens with zero attached hydrogens (tertiary/aromatic N) is 2. The fourth-order valence-electron chi connectivity index (χ4n) is 3.78. The number of rotatable bonds is 4. The lowest BCUT2D eigenvalue weighted by atomic mass is 9.98. The first-order valence-corrected chi connectivity index (χ1v) is 10.2. The number of hydrogen-bond acceptors (Lipinski definition) is 3. The number of aromatic nitrogens is 1. The molecular weight excluding hydrogens is 374 g/mol. The predicted molar refractivity (Wildman–Crippen MR) is 111 cm³/mol. The molecule has 0 bridgehead atoms. The minimum atomic E-state index is -0.0392. The number of carbonyl (C=O) groups excluding carboxylic acids is 1. The van der Waals surface area contributed by atoms with Crippen LogP contribution in [0.4, 0.5) is 4.79 Å². The molecular formula is C22H24ClN3O2. The number of amides is 2. The molecule has 3 aromatic rings. The lowest BCUT2D eigenvalue weighted by molar-refractivity contribution is 0.171. The highest BCUT2D eigenvalue weighted by molar-refractivity contribution is 6.30. The summed E-state index contributed by atoms with van der Waals surface area (Å²) in [6, 6.07) is 15.4. The Morgan fingerprint density at radius 3 is 2.82 bits per heavy atom. The zero-order valence-corrected chi connectivity index (χ0v) is 16.7. The minimum Gasteiger partial charge on any atom is -0.440 e. The van der Waals surface area contributed by atoms with Crippen molar-refractivity contribution in [3.05, 3.63) is 65.0 Å². The monoisotopic (exact) mass is 397 g/mol. The van der Waals surface area contributed by atoms with Gasteiger partial charge in [-0.05, 0) is 49.1 Å². The number of benzene rings is 2. The zero-order chi connectivity index (χ0) is 19.5. The predicted octanol–water partition coefficient (Wildman–Crippen LogP) is 5.52. The van der Waals surface area contributed by atoms with Gasteiger partial charge in [0, 0.05) is 18.1 Å². The number of para-hydroxylation sites is 2. The van der Waals surface area contributed by atoms with Gasteiger partial charge in [0.1, 0.15) is 5.52 Å². The number of fused-ring (bicyclic) bond motifs is 1. The third-order valence-corrected chi connectivity index (χ3v) is 5.60. The number of urea groups is 1. The molecule has 2 unspecified atom stereocenters. The maximum Gasteiger partial charge on any atom is 0.317 e. The van der Waals surface area contributed by atoms with E-state index in [0.29, 0.717) is 11.6 Å². The molecule has 0 spiro atoms. The number of nitrogens with one attached hydrogen (secondary N) is 1. The summed E-state index contributed by atoms with van der Waals surface area (Å²) in [5, 5.41) is 3.86. The molecule has 1 aromatic heterocycles. The van der Waals surface area contributed by atoms with Gasteiger partial charge in [0.05, 0.1) is 12.0 Å². The summed E-state index contributed by atoms with van der Waals surface area (Å²) < 4.78 is 5.94. The minimum absolute atomic E-state index is 0.0329. The maximum absolute atomic E-state index is 12.9. The van der Waals surface area contributed by atoms with Crippen LogP contribution in [-0.4, -0.2) is 29.0 Å². The number of halogens is 1. The normalized spacial score (nSPS) is 18.2. The Hall–Kier alpha value is -2.53. The van der Waals surface area contributed by atoms with Crippen LogP contribution in [-0.2, 0) is 0 Å². The third-order valence-electron chi connectivity index (χ3n) is 5.35. The highest BCUT2D eigenvalue weighted by Crippen LogP contribution is 2.29. The van der Waals surface area contributed by atoms with Crippen LogP contribution in [0.1, 0.15) is 49.6 Å². The average molecular weight is 398 g/mol. The highest BCUT2D eigenvalue weighted by atomic mass is 35.5. The van der Waals surface area contributed by atoms with Crippen molar-refractivity contribution in [1.29, 1.82) is 0 Å². The Kier molecular flexibility index (Phi) is 5.53. The smallest absolute Gasteiger partial charge is 0.317 e. The van der Waals surface area contributed by atoms with Gasteiger partial charge in [0.2, 0.25) is 0 Å². The summed E-state index contributed by atoms with van der Waals surface area (Å²) in [5.41, 5.74) is 2.73. The highest BCUT2D eigenvalue weighted by Gasteiger charge is 2.29. The van der Waals surface area contributed by atoms with Crippen molar-refractivity contribution in [3.8, 4) is 0 Å². The molecule has 146 valence electrons. The summed E-state index contributed by atoms with van der Waals surface area (Å²) in [6.07, 6.45) is 2.73. The van der Waals surface area contributed by atoms with E-state index in [0.717, 1.165) is 48.4 Å². The van der Waals surface area contributed by atoms with E-state index in [4.69, 9.17) is 16.0 Å². The molecule has 5 nitrogen and oxygen atoms in total. The first-order chi connectivity index (χ1) is 13.6. The third kappa shape index (κ3) is 3.99. The molecule has 1 fully saturated rings. The van der Waals surface area contributed by atoms with Crippen molar-refractivity contribution in [2.24, 2.45) is 0 Å². The van der Waals surface area contributed by atoms with Gasteiger partial charge in [-0.2, -0.15) is 0 Å². The molecule has 2 amide bonds. The molecule has 0 aliphatic carbocycles. The molecule has 1 aliphatic rings. The molecule has 6 heteroatoms. The fraction of sp³-hybridized carbons (Fsp3) is 0.364. The van der Waals surface area contributed by atoms with Gasteiger partial charge < -0.3 is 14.6 Å². The Balaban J connectivity index is 1.44. The van der Waals surface area contributed by atoms with E-state index in [1.54, 1.807) is 0 Å². The quantitative estimate of drug-likeness (QED) is 0.630. The number of likely N-dealkylation sites (tertiary alicyclic amines) is 1. The number of carbonyl (C=O) groups is 1. The Bertz CT molecular complexity index is 921. The lowest BCUT2D eigenvalue weighted by Crippen LogP contribution is -2.46. The van der Waals surface area contributed by atoms with Crippen LogP contribution in [0.25, 0.3) is 11.1 Å². The van der Waals surface area contributed by atoms with Gasteiger partial charge in [-0.1, -0.05) is 42.8 Å². The van der Waals surface area contributed by atoms with Crippen molar-refractivity contribution in [2.45, 2.75) is 38.1 Å². The summed E-state index contributed by atoms with van der Waals surface area (Å²) >= 11 is 5.98. The van der Waals surface area contributed by atoms with E-state index < -0.39 is 0 Å². The van der Waals surface area contributed by atoms with Crippen LogP contribution in [0.15, 0.2) is 52.9 Å². The maximum atomic E-state index is 12.9. The standard InChI is InChI=1S/C22H24ClN3O2/c1-2-18(15-9-11-17(23)12-10-15)25-22(27)26-13-5-6-16(14-26)21-24-19-7-3-4-8-20(19)28-21/h3-4,7-12,16,18H,2,5-6,13-14H2,1H3,(H,25,27). The van der Waals surface area contributed by atoms with Crippen molar-refractivity contribution in [2.75, 3.05) is 13.1 Å². The molecule has 1 saturated heterocycles. The summed E-state index contributed by atoms with van der Waals surface area (Å²) in [6.45, 7) is 3.44. The SMILES string of the molecule is CCC(NC(=O)N1CCCC(c2nc3ccccc3o2)C1)c1ccc(Cl)cc1. The van der Waals surface area contributed by atoms with Crippen molar-refractivity contribution >= 4 is 28.7 Å². The lowest BCUT2D eigenvalue weighted by Gasteiger charge is -2.32. The van der Waals surface area contributed by atoms with E-state index in [2.05, 4.69) is 17.2 Å². The van der Waals surface area contributed by atoms with Gasteiger partial charge in [0.25, 0.3) is 0 Å². The molecule has 2 aromatic carbocycles. The molecule has 1 aliphatic heterocycles. The van der Waals surface area contributed by atoms with E-state index in [1.807, 2.05) is 53.4 Å². The van der Waals surface area contributed by atoms with E-state index in [-0.39, 0.29) is 18.0 Å². The van der Waals surface area contributed by atoms with Crippen LogP contribution in [0.3, 0.4) is 0 Å². The average Bonchev–Trinajstić information content (AvgIpc) is 3.17. The van der Waals surface area contributed by atoms with Gasteiger partial charge in [-0.15, -0.1) is 0 Å². The summed E-state index contributed by atoms with van der Waals surface area (Å²) in [5.74, 6) is 0.853. The first-order valence-electron chi connectivity index (χ1n) is 9.80. The number of hydrogen-bond donors (Lipinski definition) is 1. The molecule has 4 rings (SSSR count). The van der Waals surface area contributed by atoms with Crippen molar-refractivity contribution < 1.29 is 9.21 Å². The second kappa shape index (κ2) is 8.23. The summed E-state index contributed by atoms with van der Waals surface area (Å²) in [7, 11) is 0.